The summed E-state index contributed by atoms with van der Waals surface area (Å²) in [6.45, 7) is 1.82. The summed E-state index contributed by atoms with van der Waals surface area (Å²) < 4.78 is 10.7. The third-order valence-corrected chi connectivity index (χ3v) is 3.57. The molecule has 1 aromatic rings. The number of nitrogens with one attached hydrogen (secondary N) is 1. The minimum atomic E-state index is 0.294. The van der Waals surface area contributed by atoms with Gasteiger partial charge in [0, 0.05) is 23.0 Å². The second-order valence-electron chi connectivity index (χ2n) is 4.24. The van der Waals surface area contributed by atoms with Gasteiger partial charge in [0.15, 0.2) is 17.8 Å². The Kier molecular flexibility index (Phi) is 4.09. The number of carbonyl (C=O) groups is 1. The number of rotatable bonds is 4. The Morgan fingerprint density at radius 2 is 2.11 bits per heavy atom. The van der Waals surface area contributed by atoms with E-state index in [2.05, 4.69) is 5.32 Å². The van der Waals surface area contributed by atoms with Gasteiger partial charge < -0.3 is 14.8 Å². The summed E-state index contributed by atoms with van der Waals surface area (Å²) >= 11 is 6.28. The van der Waals surface area contributed by atoms with Gasteiger partial charge in [0.1, 0.15) is 0 Å². The Hall–Kier alpha value is -1.26. The van der Waals surface area contributed by atoms with E-state index in [0.29, 0.717) is 28.0 Å². The van der Waals surface area contributed by atoms with Crippen molar-refractivity contribution in [3.05, 3.63) is 22.2 Å². The van der Waals surface area contributed by atoms with E-state index in [-0.39, 0.29) is 0 Å². The predicted molar refractivity (Wildman–Crippen MR) is 70.2 cm³/mol. The van der Waals surface area contributed by atoms with Crippen molar-refractivity contribution < 1.29 is 14.3 Å². The van der Waals surface area contributed by atoms with E-state index in [9.17, 15) is 4.79 Å². The van der Waals surface area contributed by atoms with Gasteiger partial charge in [-0.3, -0.25) is 4.79 Å². The Bertz CT molecular complexity index is 456. The lowest BCUT2D eigenvalue weighted by molar-refractivity contribution is 0.112. The fourth-order valence-electron chi connectivity index (χ4n) is 2.42. The zero-order valence-corrected chi connectivity index (χ0v) is 11.2. The summed E-state index contributed by atoms with van der Waals surface area (Å²) in [4.78, 5) is 11.0. The van der Waals surface area contributed by atoms with E-state index in [1.807, 2.05) is 0 Å². The van der Waals surface area contributed by atoms with Crippen LogP contribution in [-0.2, 0) is 0 Å². The third-order valence-electron chi connectivity index (χ3n) is 3.26. The van der Waals surface area contributed by atoms with E-state index in [0.717, 1.165) is 31.4 Å². The molecule has 0 saturated carbocycles. The van der Waals surface area contributed by atoms with Crippen LogP contribution < -0.4 is 14.8 Å². The van der Waals surface area contributed by atoms with Crippen LogP contribution in [0.4, 0.5) is 0 Å². The zero-order valence-electron chi connectivity index (χ0n) is 10.5. The molecule has 0 spiro atoms. The lowest BCUT2D eigenvalue weighted by atomic mass is 9.95. The molecule has 0 amide bonds. The molecule has 0 radical (unpaired) electrons. The molecule has 1 saturated heterocycles. The highest BCUT2D eigenvalue weighted by Gasteiger charge is 2.27. The van der Waals surface area contributed by atoms with E-state index in [1.54, 1.807) is 13.2 Å². The number of hydrogen-bond acceptors (Lipinski definition) is 4. The maximum atomic E-state index is 11.0. The van der Waals surface area contributed by atoms with Crippen LogP contribution in [0.5, 0.6) is 11.5 Å². The highest BCUT2D eigenvalue weighted by atomic mass is 35.5. The van der Waals surface area contributed by atoms with Crippen LogP contribution in [0.3, 0.4) is 0 Å². The normalized spacial score (nSPS) is 18.7. The van der Waals surface area contributed by atoms with Crippen LogP contribution in [0, 0.1) is 0 Å². The monoisotopic (exact) mass is 269 g/mol. The minimum Gasteiger partial charge on any atom is -0.492 e. The number of aldehydes is 1. The molecule has 18 heavy (non-hydrogen) atoms. The first-order chi connectivity index (χ1) is 8.72. The Balaban J connectivity index is 2.59. The minimum absolute atomic E-state index is 0.294. The largest absolute Gasteiger partial charge is 0.492 e. The van der Waals surface area contributed by atoms with Gasteiger partial charge in [-0.05, 0) is 19.0 Å². The maximum absolute atomic E-state index is 11.0. The molecule has 1 atom stereocenters. The molecule has 2 rings (SSSR count). The molecule has 1 unspecified atom stereocenters. The summed E-state index contributed by atoms with van der Waals surface area (Å²) in [7, 11) is 3.09. The summed E-state index contributed by atoms with van der Waals surface area (Å²) in [6.07, 6.45) is 1.73. The molecule has 0 aromatic heterocycles. The predicted octanol–water partition coefficient (Wildman–Crippen LogP) is 2.25. The smallest absolute Gasteiger partial charge is 0.171 e. The van der Waals surface area contributed by atoms with Crippen molar-refractivity contribution >= 4 is 17.9 Å². The van der Waals surface area contributed by atoms with Crippen molar-refractivity contribution in [1.29, 1.82) is 0 Å². The number of halogens is 1. The maximum Gasteiger partial charge on any atom is 0.171 e. The van der Waals surface area contributed by atoms with Gasteiger partial charge in [0.05, 0.1) is 19.8 Å². The SMILES string of the molecule is COc1c(C=O)cc(Cl)c(C2CCNC2)c1OC. The Morgan fingerprint density at radius 3 is 2.61 bits per heavy atom. The van der Waals surface area contributed by atoms with Gasteiger partial charge in [-0.1, -0.05) is 11.6 Å². The second-order valence-corrected chi connectivity index (χ2v) is 4.64. The summed E-state index contributed by atoms with van der Waals surface area (Å²) in [6, 6.07) is 1.64. The first-order valence-corrected chi connectivity index (χ1v) is 6.21. The molecule has 1 aliphatic rings. The molecule has 1 aliphatic heterocycles. The van der Waals surface area contributed by atoms with Gasteiger partial charge in [0.2, 0.25) is 0 Å². The number of ether oxygens (including phenoxy) is 2. The van der Waals surface area contributed by atoms with Crippen molar-refractivity contribution in [2.75, 3.05) is 27.3 Å². The van der Waals surface area contributed by atoms with Crippen LogP contribution in [0.1, 0.15) is 28.3 Å². The van der Waals surface area contributed by atoms with Gasteiger partial charge in [-0.25, -0.2) is 0 Å². The van der Waals surface area contributed by atoms with E-state index in [4.69, 9.17) is 21.1 Å². The molecule has 0 aliphatic carbocycles. The second kappa shape index (κ2) is 5.59. The molecule has 98 valence electrons. The topological polar surface area (TPSA) is 47.6 Å². The summed E-state index contributed by atoms with van der Waals surface area (Å²) in [5.74, 6) is 1.32. The van der Waals surface area contributed by atoms with Crippen molar-refractivity contribution in [1.82, 2.24) is 5.32 Å². The summed E-state index contributed by atoms with van der Waals surface area (Å²) in [5, 5.41) is 3.85. The average Bonchev–Trinajstić information content (AvgIpc) is 2.90. The van der Waals surface area contributed by atoms with E-state index < -0.39 is 0 Å². The first-order valence-electron chi connectivity index (χ1n) is 5.83. The number of methoxy groups -OCH3 is 2. The molecular weight excluding hydrogens is 254 g/mol. The van der Waals surface area contributed by atoms with Crippen LogP contribution in [0.15, 0.2) is 6.07 Å². The van der Waals surface area contributed by atoms with E-state index in [1.165, 1.54) is 7.11 Å². The van der Waals surface area contributed by atoms with Crippen LogP contribution in [0.25, 0.3) is 0 Å². The number of carbonyl (C=O) groups excluding carboxylic acids is 1. The summed E-state index contributed by atoms with van der Waals surface area (Å²) in [5.41, 5.74) is 1.33. The van der Waals surface area contributed by atoms with Gasteiger partial charge in [0.25, 0.3) is 0 Å². The molecule has 1 aromatic carbocycles. The number of hydrogen-bond donors (Lipinski definition) is 1. The molecule has 1 N–H and O–H groups in total. The van der Waals surface area contributed by atoms with Gasteiger partial charge in [-0.2, -0.15) is 0 Å². The average molecular weight is 270 g/mol. The van der Waals surface area contributed by atoms with Crippen molar-refractivity contribution in [2.24, 2.45) is 0 Å². The Labute approximate surface area is 111 Å². The lowest BCUT2D eigenvalue weighted by Crippen LogP contribution is -2.10. The Morgan fingerprint density at radius 1 is 1.39 bits per heavy atom. The quantitative estimate of drug-likeness (QED) is 0.852. The van der Waals surface area contributed by atoms with Crippen LogP contribution >= 0.6 is 11.6 Å². The molecule has 1 fully saturated rings. The standard InChI is InChI=1S/C13H16ClNO3/c1-17-12-9(7-16)5-10(14)11(13(12)18-2)8-3-4-15-6-8/h5,7-8,15H,3-4,6H2,1-2H3. The lowest BCUT2D eigenvalue weighted by Gasteiger charge is -2.19. The van der Waals surface area contributed by atoms with Crippen molar-refractivity contribution in [3.8, 4) is 11.5 Å². The van der Waals surface area contributed by atoms with E-state index >= 15 is 0 Å². The zero-order chi connectivity index (χ0) is 13.1. The van der Waals surface area contributed by atoms with Crippen molar-refractivity contribution in [3.63, 3.8) is 0 Å². The van der Waals surface area contributed by atoms with Gasteiger partial charge >= 0.3 is 0 Å². The van der Waals surface area contributed by atoms with Crippen LogP contribution in [-0.4, -0.2) is 33.6 Å². The molecular formula is C13H16ClNO3. The highest BCUT2D eigenvalue weighted by molar-refractivity contribution is 6.32. The number of benzene rings is 1. The van der Waals surface area contributed by atoms with Crippen molar-refractivity contribution in [2.45, 2.75) is 12.3 Å². The molecule has 4 nitrogen and oxygen atoms in total. The highest BCUT2D eigenvalue weighted by Crippen LogP contribution is 2.44. The first kappa shape index (κ1) is 13.2. The fourth-order valence-corrected chi connectivity index (χ4v) is 2.78. The fraction of sp³-hybridized carbons (Fsp3) is 0.462. The molecule has 1 heterocycles. The molecule has 0 bridgehead atoms. The van der Waals surface area contributed by atoms with Crippen LogP contribution in [0.2, 0.25) is 5.02 Å². The third kappa shape index (κ3) is 2.18. The molecule has 5 heteroatoms. The van der Waals surface area contributed by atoms with Gasteiger partial charge in [-0.15, -0.1) is 0 Å².